The summed E-state index contributed by atoms with van der Waals surface area (Å²) in [4.78, 5) is 13.0. The molecule has 1 saturated heterocycles. The average Bonchev–Trinajstić information content (AvgIpc) is 3.08. The summed E-state index contributed by atoms with van der Waals surface area (Å²) in [5.41, 5.74) is 2.02. The minimum Gasteiger partial charge on any atom is -0.409 e. The lowest BCUT2D eigenvalue weighted by molar-refractivity contribution is -0.0467. The molecule has 1 fully saturated rings. The lowest BCUT2D eigenvalue weighted by atomic mass is 10.0. The maximum Gasteiger partial charge on any atom is 0.224 e. The van der Waals surface area contributed by atoms with Gasteiger partial charge in [-0.2, -0.15) is 4.98 Å². The van der Waals surface area contributed by atoms with Crippen LogP contribution in [-0.4, -0.2) is 51.8 Å². The normalized spacial score (nSPS) is 26.9. The van der Waals surface area contributed by atoms with E-state index in [9.17, 15) is 5.11 Å². The fourth-order valence-corrected chi connectivity index (χ4v) is 4.75. The van der Waals surface area contributed by atoms with Crippen LogP contribution in [0.25, 0.3) is 11.2 Å². The molecule has 3 heterocycles. The fourth-order valence-electron chi connectivity index (χ4n) is 3.18. The first-order valence-electron chi connectivity index (χ1n) is 9.27. The number of aliphatic hydroxyl groups is 1. The molecule has 1 unspecified atom stereocenters. The first kappa shape index (κ1) is 20.7. The molecular weight excluding hydrogens is 384 g/mol. The molecule has 0 bridgehead atoms. The molecule has 3 rings (SSSR count). The predicted octanol–water partition coefficient (Wildman–Crippen LogP) is 3.70. The third-order valence-corrected chi connectivity index (χ3v) is 10.6. The van der Waals surface area contributed by atoms with Crippen molar-refractivity contribution < 1.29 is 14.3 Å². The Bertz CT molecular complexity index is 836. The van der Waals surface area contributed by atoms with Crippen LogP contribution in [0.5, 0.6) is 0 Å². The molecule has 9 heteroatoms. The van der Waals surface area contributed by atoms with Gasteiger partial charge in [0.15, 0.2) is 20.2 Å². The molecule has 7 nitrogen and oxygen atoms in total. The van der Waals surface area contributed by atoms with E-state index >= 15 is 0 Å². The number of imidazole rings is 1. The highest BCUT2D eigenvalue weighted by molar-refractivity contribution is 6.74. The standard InChI is InChI=1S/C18H29ClN4O3Si/c1-10-12(8-24)25-16(14(10)26-27(6,7)18(3,4)5)23-9-20-13-11(2)21-17(19)22-15(13)23/h9-10,12,14,16,24H,8H2,1-7H3/t10-,12-,14?,16-/m1/s1. The monoisotopic (exact) mass is 412 g/mol. The smallest absolute Gasteiger partial charge is 0.224 e. The summed E-state index contributed by atoms with van der Waals surface area (Å²) < 4.78 is 14.8. The zero-order valence-corrected chi connectivity index (χ0v) is 18.8. The maximum absolute atomic E-state index is 9.79. The quantitative estimate of drug-likeness (QED) is 0.608. The molecule has 1 aliphatic rings. The highest BCUT2D eigenvalue weighted by Gasteiger charge is 2.49. The van der Waals surface area contributed by atoms with E-state index in [4.69, 9.17) is 20.8 Å². The van der Waals surface area contributed by atoms with E-state index in [1.54, 1.807) is 6.33 Å². The molecule has 0 aromatic carbocycles. The van der Waals surface area contributed by atoms with Crippen LogP contribution < -0.4 is 0 Å². The number of nitrogens with zero attached hydrogens (tertiary/aromatic N) is 4. The van der Waals surface area contributed by atoms with Crippen molar-refractivity contribution in [2.45, 2.75) is 71.2 Å². The van der Waals surface area contributed by atoms with Gasteiger partial charge in [-0.15, -0.1) is 0 Å². The van der Waals surface area contributed by atoms with Gasteiger partial charge in [0.2, 0.25) is 5.28 Å². The topological polar surface area (TPSA) is 82.3 Å². The number of rotatable bonds is 4. The van der Waals surface area contributed by atoms with Gasteiger partial charge in [0, 0.05) is 5.92 Å². The maximum atomic E-state index is 9.79. The highest BCUT2D eigenvalue weighted by Crippen LogP contribution is 2.44. The van der Waals surface area contributed by atoms with Gasteiger partial charge in [-0.1, -0.05) is 27.7 Å². The van der Waals surface area contributed by atoms with Crippen LogP contribution in [-0.2, 0) is 9.16 Å². The summed E-state index contributed by atoms with van der Waals surface area (Å²) in [6.07, 6.45) is 0.749. The Morgan fingerprint density at radius 1 is 1.33 bits per heavy atom. The first-order chi connectivity index (χ1) is 12.5. The van der Waals surface area contributed by atoms with Crippen LogP contribution in [0.15, 0.2) is 6.33 Å². The molecule has 1 aliphatic heterocycles. The van der Waals surface area contributed by atoms with Gasteiger partial charge >= 0.3 is 0 Å². The number of halogens is 1. The van der Waals surface area contributed by atoms with Crippen LogP contribution in [0.2, 0.25) is 23.4 Å². The Balaban J connectivity index is 2.04. The lowest BCUT2D eigenvalue weighted by Gasteiger charge is -2.40. The number of aliphatic hydroxyl groups excluding tert-OH is 1. The van der Waals surface area contributed by atoms with Crippen molar-refractivity contribution in [2.75, 3.05) is 6.61 Å². The van der Waals surface area contributed by atoms with E-state index in [0.29, 0.717) is 11.2 Å². The molecule has 0 saturated carbocycles. The minimum absolute atomic E-state index is 0.0324. The number of fused-ring (bicyclic) bond motifs is 1. The minimum atomic E-state index is -2.05. The summed E-state index contributed by atoms with van der Waals surface area (Å²) in [5, 5.41) is 10.0. The van der Waals surface area contributed by atoms with E-state index in [0.717, 1.165) is 5.69 Å². The Kier molecular flexibility index (Phi) is 5.42. The van der Waals surface area contributed by atoms with Crippen molar-refractivity contribution in [1.82, 2.24) is 19.5 Å². The summed E-state index contributed by atoms with van der Waals surface area (Å²) >= 11 is 6.08. The molecule has 4 atom stereocenters. The third-order valence-electron chi connectivity index (χ3n) is 5.96. The van der Waals surface area contributed by atoms with Crippen LogP contribution in [0, 0.1) is 12.8 Å². The second-order valence-electron chi connectivity index (χ2n) is 8.85. The predicted molar refractivity (Wildman–Crippen MR) is 107 cm³/mol. The molecule has 27 heavy (non-hydrogen) atoms. The van der Waals surface area contributed by atoms with Gasteiger partial charge in [-0.3, -0.25) is 4.57 Å². The third kappa shape index (κ3) is 3.65. The second-order valence-corrected chi connectivity index (χ2v) is 13.9. The SMILES string of the molecule is Cc1nc(Cl)nc2c1ncn2[C@@H]1O[C@H](CO)[C@@H](C)C1O[Si](C)(C)C(C)(C)C. The zero-order chi connectivity index (χ0) is 20.1. The number of hydrogen-bond donors (Lipinski definition) is 1. The Morgan fingerprint density at radius 3 is 2.59 bits per heavy atom. The second kappa shape index (κ2) is 7.08. The summed E-state index contributed by atoms with van der Waals surface area (Å²) in [6.45, 7) is 14.9. The average molecular weight is 413 g/mol. The molecule has 150 valence electrons. The molecule has 0 aliphatic carbocycles. The van der Waals surface area contributed by atoms with Crippen LogP contribution in [0.3, 0.4) is 0 Å². The lowest BCUT2D eigenvalue weighted by Crippen LogP contribution is -2.46. The van der Waals surface area contributed by atoms with Gasteiger partial charge in [0.1, 0.15) is 5.52 Å². The number of aryl methyl sites for hydroxylation is 1. The Hall–Kier alpha value is -1.06. The number of hydrogen-bond acceptors (Lipinski definition) is 6. The molecule has 2 aromatic heterocycles. The van der Waals surface area contributed by atoms with Crippen LogP contribution >= 0.6 is 11.6 Å². The zero-order valence-electron chi connectivity index (χ0n) is 17.0. The summed E-state index contributed by atoms with van der Waals surface area (Å²) in [5.74, 6) is 0.0324. The van der Waals surface area contributed by atoms with Crippen LogP contribution in [0.4, 0.5) is 0 Å². The molecule has 0 spiro atoms. The molecular formula is C18H29ClN4O3Si. The van der Waals surface area contributed by atoms with Gasteiger partial charge < -0.3 is 14.3 Å². The van der Waals surface area contributed by atoms with Crippen molar-refractivity contribution in [2.24, 2.45) is 5.92 Å². The summed E-state index contributed by atoms with van der Waals surface area (Å²) in [7, 11) is -2.05. The van der Waals surface area contributed by atoms with Gasteiger partial charge in [0.05, 0.1) is 30.8 Å². The molecule has 0 radical (unpaired) electrons. The fraction of sp³-hybridized carbons (Fsp3) is 0.722. The van der Waals surface area contributed by atoms with E-state index in [1.807, 2.05) is 11.5 Å². The van der Waals surface area contributed by atoms with Crippen molar-refractivity contribution in [3.05, 3.63) is 17.3 Å². The largest absolute Gasteiger partial charge is 0.409 e. The van der Waals surface area contributed by atoms with Gasteiger partial charge in [-0.25, -0.2) is 9.97 Å². The molecule has 2 aromatic rings. The van der Waals surface area contributed by atoms with E-state index in [-0.39, 0.29) is 35.1 Å². The molecule has 1 N–H and O–H groups in total. The first-order valence-corrected chi connectivity index (χ1v) is 12.6. The highest BCUT2D eigenvalue weighted by atomic mass is 35.5. The van der Waals surface area contributed by atoms with Crippen molar-refractivity contribution in [3.63, 3.8) is 0 Å². The van der Waals surface area contributed by atoms with E-state index in [1.165, 1.54) is 0 Å². The Morgan fingerprint density at radius 2 is 2.00 bits per heavy atom. The van der Waals surface area contributed by atoms with E-state index in [2.05, 4.69) is 55.7 Å². The van der Waals surface area contributed by atoms with Crippen molar-refractivity contribution >= 4 is 31.1 Å². The van der Waals surface area contributed by atoms with Crippen molar-refractivity contribution in [1.29, 1.82) is 0 Å². The van der Waals surface area contributed by atoms with Gasteiger partial charge in [0.25, 0.3) is 0 Å². The van der Waals surface area contributed by atoms with Crippen molar-refractivity contribution in [3.8, 4) is 0 Å². The number of aromatic nitrogens is 4. The molecule has 0 amide bonds. The Labute approximate surface area is 166 Å². The number of ether oxygens (including phenoxy) is 1. The van der Waals surface area contributed by atoms with Gasteiger partial charge in [-0.05, 0) is 36.7 Å². The van der Waals surface area contributed by atoms with E-state index < -0.39 is 14.5 Å². The summed E-state index contributed by atoms with van der Waals surface area (Å²) in [6, 6.07) is 0. The van der Waals surface area contributed by atoms with Crippen LogP contribution in [0.1, 0.15) is 39.6 Å².